The van der Waals surface area contributed by atoms with Crippen molar-refractivity contribution in [2.24, 2.45) is 5.10 Å². The van der Waals surface area contributed by atoms with Crippen LogP contribution in [0.5, 0.6) is 0 Å². The maximum Gasteiger partial charge on any atom is 0.303 e. The van der Waals surface area contributed by atoms with Gasteiger partial charge in [-0.05, 0) is 23.3 Å². The van der Waals surface area contributed by atoms with Crippen molar-refractivity contribution in [3.8, 4) is 0 Å². The fourth-order valence-electron chi connectivity index (χ4n) is 2.99. The van der Waals surface area contributed by atoms with Crippen LogP contribution in [0.15, 0.2) is 58.1 Å². The molecule has 0 saturated heterocycles. The van der Waals surface area contributed by atoms with Gasteiger partial charge in [-0.2, -0.15) is 5.10 Å². The van der Waals surface area contributed by atoms with E-state index in [1.165, 1.54) is 17.1 Å². The van der Waals surface area contributed by atoms with Gasteiger partial charge in [-0.1, -0.05) is 40.2 Å². The summed E-state index contributed by atoms with van der Waals surface area (Å²) in [6.07, 6.45) is -0.125. The van der Waals surface area contributed by atoms with Crippen LogP contribution in [0.2, 0.25) is 0 Å². The Morgan fingerprint density at radius 1 is 1.21 bits per heavy atom. The number of carboxylic acids is 1. The summed E-state index contributed by atoms with van der Waals surface area (Å²) in [4.78, 5) is 34.0. The summed E-state index contributed by atoms with van der Waals surface area (Å²) in [6.45, 7) is 0. The number of nitro benzene ring substituents is 1. The van der Waals surface area contributed by atoms with E-state index in [2.05, 4.69) is 21.0 Å². The quantitative estimate of drug-likeness (QED) is 0.534. The number of hydrazone groups is 1. The minimum atomic E-state index is -1.07. The van der Waals surface area contributed by atoms with Crippen molar-refractivity contribution in [3.63, 3.8) is 0 Å². The highest BCUT2D eigenvalue weighted by Gasteiger charge is 2.33. The number of carbonyl (C=O) groups excluding carboxylic acids is 1. The number of carbonyl (C=O) groups is 2. The molecule has 8 nitrogen and oxygen atoms in total. The second-order valence-electron chi connectivity index (χ2n) is 6.26. The molecule has 0 bridgehead atoms. The molecule has 1 amide bonds. The minimum absolute atomic E-state index is 0.0764. The van der Waals surface area contributed by atoms with Crippen molar-refractivity contribution in [1.29, 1.82) is 0 Å². The summed E-state index contributed by atoms with van der Waals surface area (Å²) >= 11 is 3.37. The molecule has 0 aliphatic carbocycles. The van der Waals surface area contributed by atoms with Gasteiger partial charge in [-0.3, -0.25) is 19.7 Å². The fourth-order valence-corrected chi connectivity index (χ4v) is 3.26. The lowest BCUT2D eigenvalue weighted by Gasteiger charge is -2.21. The van der Waals surface area contributed by atoms with Crippen LogP contribution in [-0.4, -0.2) is 32.6 Å². The summed E-state index contributed by atoms with van der Waals surface area (Å²) in [5.41, 5.74) is 1.99. The molecule has 1 aliphatic heterocycles. The van der Waals surface area contributed by atoms with Crippen molar-refractivity contribution >= 4 is 39.2 Å². The Labute approximate surface area is 168 Å². The van der Waals surface area contributed by atoms with Gasteiger partial charge in [0.05, 0.1) is 23.1 Å². The first kappa shape index (κ1) is 19.7. The maximum atomic E-state index is 12.6. The first-order valence-electron chi connectivity index (χ1n) is 8.47. The summed E-state index contributed by atoms with van der Waals surface area (Å²) < 4.78 is 0.902. The third-order valence-electron chi connectivity index (χ3n) is 4.36. The van der Waals surface area contributed by atoms with Crippen LogP contribution < -0.4 is 0 Å². The normalized spacial score (nSPS) is 16.0. The van der Waals surface area contributed by atoms with Crippen LogP contribution in [0.25, 0.3) is 0 Å². The second-order valence-corrected chi connectivity index (χ2v) is 7.17. The molecule has 9 heteroatoms. The molecule has 0 spiro atoms. The Kier molecular flexibility index (Phi) is 5.84. The molecule has 28 heavy (non-hydrogen) atoms. The van der Waals surface area contributed by atoms with Crippen LogP contribution >= 0.6 is 15.9 Å². The van der Waals surface area contributed by atoms with E-state index in [4.69, 9.17) is 5.11 Å². The van der Waals surface area contributed by atoms with E-state index in [1.807, 2.05) is 24.3 Å². The molecule has 1 unspecified atom stereocenters. The molecule has 0 aromatic heterocycles. The number of nitrogens with zero attached hydrogens (tertiary/aromatic N) is 3. The number of non-ortho nitro benzene ring substituents is 1. The van der Waals surface area contributed by atoms with Crippen LogP contribution in [0.1, 0.15) is 36.4 Å². The smallest absolute Gasteiger partial charge is 0.303 e. The molecule has 1 N–H and O–H groups in total. The van der Waals surface area contributed by atoms with Gasteiger partial charge in [-0.15, -0.1) is 0 Å². The molecule has 0 radical (unpaired) electrons. The zero-order valence-electron chi connectivity index (χ0n) is 14.6. The molecular weight excluding hydrogens is 430 g/mol. The van der Waals surface area contributed by atoms with E-state index in [-0.39, 0.29) is 18.5 Å². The minimum Gasteiger partial charge on any atom is -0.481 e. The van der Waals surface area contributed by atoms with E-state index in [1.54, 1.807) is 12.1 Å². The number of halogens is 1. The predicted molar refractivity (Wildman–Crippen MR) is 105 cm³/mol. The highest BCUT2D eigenvalue weighted by molar-refractivity contribution is 9.10. The fraction of sp³-hybridized carbons (Fsp3) is 0.211. The van der Waals surface area contributed by atoms with Crippen molar-refractivity contribution in [3.05, 3.63) is 74.2 Å². The van der Waals surface area contributed by atoms with Gasteiger partial charge in [0.1, 0.15) is 0 Å². The average Bonchev–Trinajstić information content (AvgIpc) is 3.12. The Morgan fingerprint density at radius 3 is 2.57 bits per heavy atom. The standard InChI is InChI=1S/C19H16BrN3O5/c20-14-6-4-12(5-7-14)16-11-17(13-2-1-3-15(10-13)23(27)28)22(21-16)18(24)8-9-19(25)26/h1-7,10,17H,8-9,11H2,(H,25,26). The number of hydrogen-bond acceptors (Lipinski definition) is 5. The molecule has 3 rings (SSSR count). The highest BCUT2D eigenvalue weighted by atomic mass is 79.9. The molecule has 1 heterocycles. The Hall–Kier alpha value is -3.07. The molecule has 144 valence electrons. The number of aliphatic carboxylic acids is 1. The summed E-state index contributed by atoms with van der Waals surface area (Å²) in [7, 11) is 0. The second kappa shape index (κ2) is 8.30. The largest absolute Gasteiger partial charge is 0.481 e. The van der Waals surface area contributed by atoms with Gasteiger partial charge in [0.2, 0.25) is 5.91 Å². The molecule has 1 aliphatic rings. The first-order valence-corrected chi connectivity index (χ1v) is 9.26. The lowest BCUT2D eigenvalue weighted by molar-refractivity contribution is -0.385. The van der Waals surface area contributed by atoms with E-state index < -0.39 is 22.8 Å². The SMILES string of the molecule is O=C(O)CCC(=O)N1N=C(c2ccc(Br)cc2)CC1c1cccc([N+](=O)[O-])c1. The van der Waals surface area contributed by atoms with Gasteiger partial charge in [0.15, 0.2) is 0 Å². The first-order chi connectivity index (χ1) is 13.3. The van der Waals surface area contributed by atoms with E-state index in [9.17, 15) is 19.7 Å². The average molecular weight is 446 g/mol. The van der Waals surface area contributed by atoms with Crippen molar-refractivity contribution in [2.75, 3.05) is 0 Å². The van der Waals surface area contributed by atoms with Crippen molar-refractivity contribution < 1.29 is 19.6 Å². The number of amides is 1. The van der Waals surface area contributed by atoms with Crippen molar-refractivity contribution in [1.82, 2.24) is 5.01 Å². The molecular formula is C19H16BrN3O5. The highest BCUT2D eigenvalue weighted by Crippen LogP contribution is 2.35. The third-order valence-corrected chi connectivity index (χ3v) is 4.89. The summed E-state index contributed by atoms with van der Waals surface area (Å²) in [5.74, 6) is -1.51. The van der Waals surface area contributed by atoms with Crippen LogP contribution in [-0.2, 0) is 9.59 Å². The monoisotopic (exact) mass is 445 g/mol. The molecule has 0 fully saturated rings. The van der Waals surface area contributed by atoms with Crippen molar-refractivity contribution in [2.45, 2.75) is 25.3 Å². The summed E-state index contributed by atoms with van der Waals surface area (Å²) in [6, 6.07) is 13.0. The number of hydrogen-bond donors (Lipinski definition) is 1. The van der Waals surface area contributed by atoms with Crippen LogP contribution in [0.3, 0.4) is 0 Å². The molecule has 0 saturated carbocycles. The van der Waals surface area contributed by atoms with Gasteiger partial charge < -0.3 is 5.11 Å². The van der Waals surface area contributed by atoms with E-state index in [0.29, 0.717) is 17.7 Å². The zero-order valence-corrected chi connectivity index (χ0v) is 16.2. The number of benzene rings is 2. The number of carboxylic acid groups (broad SMARTS) is 1. The third kappa shape index (κ3) is 4.42. The van der Waals surface area contributed by atoms with Gasteiger partial charge >= 0.3 is 5.97 Å². The lowest BCUT2D eigenvalue weighted by Crippen LogP contribution is -2.27. The maximum absolute atomic E-state index is 12.6. The topological polar surface area (TPSA) is 113 Å². The lowest BCUT2D eigenvalue weighted by atomic mass is 9.98. The van der Waals surface area contributed by atoms with Crippen LogP contribution in [0, 0.1) is 10.1 Å². The van der Waals surface area contributed by atoms with E-state index in [0.717, 1.165) is 10.0 Å². The van der Waals surface area contributed by atoms with Gasteiger partial charge in [0, 0.05) is 29.4 Å². The van der Waals surface area contributed by atoms with Crippen LogP contribution in [0.4, 0.5) is 5.69 Å². The molecule has 1 atom stereocenters. The van der Waals surface area contributed by atoms with E-state index >= 15 is 0 Å². The Morgan fingerprint density at radius 2 is 1.93 bits per heavy atom. The van der Waals surface area contributed by atoms with Gasteiger partial charge in [0.25, 0.3) is 5.69 Å². The Balaban J connectivity index is 1.94. The zero-order chi connectivity index (χ0) is 20.3. The Bertz CT molecular complexity index is 958. The number of nitro groups is 1. The molecule has 2 aromatic carbocycles. The predicted octanol–water partition coefficient (Wildman–Crippen LogP) is 3.90. The number of rotatable bonds is 6. The van der Waals surface area contributed by atoms with Gasteiger partial charge in [-0.25, -0.2) is 5.01 Å². The summed E-state index contributed by atoms with van der Waals surface area (Å²) in [5, 5.41) is 25.6. The molecule has 2 aromatic rings.